The van der Waals surface area contributed by atoms with Gasteiger partial charge in [0, 0.05) is 11.1 Å². The molecule has 2 aromatic carbocycles. The molecule has 5 nitrogen and oxygen atoms in total. The predicted octanol–water partition coefficient (Wildman–Crippen LogP) is 3.13. The van der Waals surface area contributed by atoms with Crippen molar-refractivity contribution in [2.24, 2.45) is 5.84 Å². The molecule has 5 heteroatoms. The van der Waals surface area contributed by atoms with E-state index in [1.54, 1.807) is 6.07 Å². The van der Waals surface area contributed by atoms with Gasteiger partial charge in [0.1, 0.15) is 12.4 Å². The van der Waals surface area contributed by atoms with Gasteiger partial charge in [0.15, 0.2) is 5.76 Å². The van der Waals surface area contributed by atoms with Gasteiger partial charge in [-0.05, 0) is 17.7 Å². The van der Waals surface area contributed by atoms with Gasteiger partial charge in [-0.3, -0.25) is 10.2 Å². The first kappa shape index (κ1) is 14.9. The molecule has 0 bridgehead atoms. The quantitative estimate of drug-likeness (QED) is 0.431. The van der Waals surface area contributed by atoms with E-state index < -0.39 is 5.91 Å². The number of hydrogen-bond donors (Lipinski definition) is 2. The summed E-state index contributed by atoms with van der Waals surface area (Å²) in [5.74, 6) is 5.53. The average molecular weight is 308 g/mol. The van der Waals surface area contributed by atoms with Crippen LogP contribution in [0.3, 0.4) is 0 Å². The molecular formula is C18H16N2O3. The molecule has 0 atom stereocenters. The van der Waals surface area contributed by atoms with Gasteiger partial charge in [-0.25, -0.2) is 5.84 Å². The summed E-state index contributed by atoms with van der Waals surface area (Å²) in [4.78, 5) is 11.8. The van der Waals surface area contributed by atoms with Crippen molar-refractivity contribution in [3.63, 3.8) is 0 Å². The number of rotatable bonds is 5. The van der Waals surface area contributed by atoms with E-state index in [0.717, 1.165) is 11.1 Å². The van der Waals surface area contributed by atoms with Crippen LogP contribution in [0.4, 0.5) is 0 Å². The number of nitrogens with two attached hydrogens (primary N) is 1. The van der Waals surface area contributed by atoms with Gasteiger partial charge in [-0.1, -0.05) is 48.5 Å². The Kier molecular flexibility index (Phi) is 4.40. The van der Waals surface area contributed by atoms with Gasteiger partial charge in [-0.15, -0.1) is 0 Å². The van der Waals surface area contributed by atoms with Crippen LogP contribution in [0, 0.1) is 0 Å². The molecule has 1 heterocycles. The molecule has 1 aromatic heterocycles. The number of para-hydroxylation sites is 1. The maximum atomic E-state index is 11.8. The molecule has 0 aliphatic carbocycles. The van der Waals surface area contributed by atoms with E-state index in [-0.39, 0.29) is 5.76 Å². The molecule has 0 unspecified atom stereocenters. The van der Waals surface area contributed by atoms with Crippen molar-refractivity contribution in [2.75, 3.05) is 0 Å². The highest BCUT2D eigenvalue weighted by atomic mass is 16.5. The average Bonchev–Trinajstić information content (AvgIpc) is 3.10. The number of hydrazine groups is 1. The van der Waals surface area contributed by atoms with Gasteiger partial charge in [0.2, 0.25) is 0 Å². The smallest absolute Gasteiger partial charge is 0.301 e. The number of benzene rings is 2. The van der Waals surface area contributed by atoms with Gasteiger partial charge >= 0.3 is 5.91 Å². The van der Waals surface area contributed by atoms with E-state index >= 15 is 0 Å². The third-order valence-electron chi connectivity index (χ3n) is 3.42. The fourth-order valence-electron chi connectivity index (χ4n) is 2.31. The highest BCUT2D eigenvalue weighted by Gasteiger charge is 2.18. The van der Waals surface area contributed by atoms with Crippen molar-refractivity contribution in [3.8, 4) is 16.9 Å². The van der Waals surface area contributed by atoms with Crippen molar-refractivity contribution in [1.29, 1.82) is 0 Å². The molecular weight excluding hydrogens is 292 g/mol. The van der Waals surface area contributed by atoms with Gasteiger partial charge in [0.25, 0.3) is 0 Å². The zero-order valence-corrected chi connectivity index (χ0v) is 12.4. The van der Waals surface area contributed by atoms with E-state index in [1.807, 2.05) is 54.6 Å². The Morgan fingerprint density at radius 1 is 1.00 bits per heavy atom. The predicted molar refractivity (Wildman–Crippen MR) is 86.6 cm³/mol. The van der Waals surface area contributed by atoms with Gasteiger partial charge in [0.05, 0.1) is 6.26 Å². The van der Waals surface area contributed by atoms with Crippen molar-refractivity contribution in [1.82, 2.24) is 5.43 Å². The minimum Gasteiger partial charge on any atom is -0.488 e. The van der Waals surface area contributed by atoms with Crippen LogP contribution in [-0.2, 0) is 6.61 Å². The summed E-state index contributed by atoms with van der Waals surface area (Å²) in [6, 6.07) is 19.1. The van der Waals surface area contributed by atoms with E-state index in [0.29, 0.717) is 17.9 Å². The molecule has 1 amide bonds. The second-order valence-electron chi connectivity index (χ2n) is 4.91. The Bertz CT molecular complexity index is 797. The monoisotopic (exact) mass is 308 g/mol. The molecule has 0 saturated heterocycles. The second kappa shape index (κ2) is 6.81. The standard InChI is InChI=1S/C18H16N2O3/c19-20-18(21)17-15(10-11-22-17)14-8-4-5-9-16(14)23-12-13-6-2-1-3-7-13/h1-11H,12,19H2,(H,20,21). The summed E-state index contributed by atoms with van der Waals surface area (Å²) in [5.41, 5.74) is 4.56. The highest BCUT2D eigenvalue weighted by Crippen LogP contribution is 2.33. The lowest BCUT2D eigenvalue weighted by molar-refractivity contribution is 0.0927. The van der Waals surface area contributed by atoms with Crippen LogP contribution in [0.15, 0.2) is 71.3 Å². The van der Waals surface area contributed by atoms with Crippen molar-refractivity contribution < 1.29 is 13.9 Å². The zero-order valence-electron chi connectivity index (χ0n) is 12.4. The number of carbonyl (C=O) groups is 1. The number of nitrogens with one attached hydrogen (secondary N) is 1. The topological polar surface area (TPSA) is 77.5 Å². The highest BCUT2D eigenvalue weighted by molar-refractivity contribution is 5.98. The van der Waals surface area contributed by atoms with E-state index in [1.165, 1.54) is 6.26 Å². The molecule has 0 fully saturated rings. The van der Waals surface area contributed by atoms with Crippen LogP contribution in [0.2, 0.25) is 0 Å². The van der Waals surface area contributed by atoms with Crippen LogP contribution >= 0.6 is 0 Å². The summed E-state index contributed by atoms with van der Waals surface area (Å²) >= 11 is 0. The maximum absolute atomic E-state index is 11.8. The number of amides is 1. The van der Waals surface area contributed by atoms with E-state index in [2.05, 4.69) is 5.43 Å². The van der Waals surface area contributed by atoms with Crippen LogP contribution in [0.5, 0.6) is 5.75 Å². The Morgan fingerprint density at radius 3 is 2.52 bits per heavy atom. The van der Waals surface area contributed by atoms with Gasteiger partial charge < -0.3 is 9.15 Å². The number of ether oxygens (including phenoxy) is 1. The first-order valence-electron chi connectivity index (χ1n) is 7.14. The molecule has 3 N–H and O–H groups in total. The van der Waals surface area contributed by atoms with Crippen LogP contribution in [-0.4, -0.2) is 5.91 Å². The molecule has 23 heavy (non-hydrogen) atoms. The van der Waals surface area contributed by atoms with Crippen LogP contribution in [0.1, 0.15) is 16.1 Å². The fourth-order valence-corrected chi connectivity index (χ4v) is 2.31. The summed E-state index contributed by atoms with van der Waals surface area (Å²) in [5, 5.41) is 0. The second-order valence-corrected chi connectivity index (χ2v) is 4.91. The molecule has 0 radical (unpaired) electrons. The molecule has 0 spiro atoms. The van der Waals surface area contributed by atoms with Crippen molar-refractivity contribution in [3.05, 3.63) is 78.3 Å². The summed E-state index contributed by atoms with van der Waals surface area (Å²) in [6.45, 7) is 0.439. The lowest BCUT2D eigenvalue weighted by Gasteiger charge is -2.11. The SMILES string of the molecule is NNC(=O)c1occc1-c1ccccc1OCc1ccccc1. The number of furan rings is 1. The Hall–Kier alpha value is -3.05. The summed E-state index contributed by atoms with van der Waals surface area (Å²) in [6.07, 6.45) is 1.45. The van der Waals surface area contributed by atoms with Crippen molar-refractivity contribution in [2.45, 2.75) is 6.61 Å². The van der Waals surface area contributed by atoms with E-state index in [9.17, 15) is 4.79 Å². The fraction of sp³-hybridized carbons (Fsp3) is 0.0556. The lowest BCUT2D eigenvalue weighted by atomic mass is 10.0. The largest absolute Gasteiger partial charge is 0.488 e. The lowest BCUT2D eigenvalue weighted by Crippen LogP contribution is -2.30. The number of carbonyl (C=O) groups excluding carboxylic acids is 1. The normalized spacial score (nSPS) is 10.3. The molecule has 0 saturated carbocycles. The molecule has 0 aliphatic heterocycles. The molecule has 0 aliphatic rings. The first-order chi connectivity index (χ1) is 11.3. The van der Waals surface area contributed by atoms with Crippen molar-refractivity contribution >= 4 is 5.91 Å². The molecule has 3 aromatic rings. The maximum Gasteiger partial charge on any atom is 0.301 e. The summed E-state index contributed by atoms with van der Waals surface area (Å²) < 4.78 is 11.2. The first-order valence-corrected chi connectivity index (χ1v) is 7.14. The molecule has 116 valence electrons. The van der Waals surface area contributed by atoms with E-state index in [4.69, 9.17) is 15.0 Å². The van der Waals surface area contributed by atoms with Crippen LogP contribution in [0.25, 0.3) is 11.1 Å². The third kappa shape index (κ3) is 3.25. The van der Waals surface area contributed by atoms with Crippen LogP contribution < -0.4 is 16.0 Å². The number of hydrogen-bond acceptors (Lipinski definition) is 4. The Morgan fingerprint density at radius 2 is 1.74 bits per heavy atom. The molecule has 3 rings (SSSR count). The number of nitrogen functional groups attached to an aromatic ring is 1. The Balaban J connectivity index is 1.89. The Labute approximate surface area is 133 Å². The summed E-state index contributed by atoms with van der Waals surface area (Å²) in [7, 11) is 0. The zero-order chi connectivity index (χ0) is 16.1. The minimum atomic E-state index is -0.483. The minimum absolute atomic E-state index is 0.156. The van der Waals surface area contributed by atoms with Gasteiger partial charge in [-0.2, -0.15) is 0 Å². The third-order valence-corrected chi connectivity index (χ3v) is 3.42.